The number of methoxy groups -OCH3 is 1. The van der Waals surface area contributed by atoms with Gasteiger partial charge in [-0.25, -0.2) is 9.98 Å². The van der Waals surface area contributed by atoms with Crippen molar-refractivity contribution in [3.05, 3.63) is 24.2 Å². The third kappa shape index (κ3) is 4.99. The summed E-state index contributed by atoms with van der Waals surface area (Å²) in [6.07, 6.45) is 1.58. The fourth-order valence-electron chi connectivity index (χ4n) is 3.06. The average Bonchev–Trinajstić information content (AvgIpc) is 3.38. The molecular formula is C17H25IN6O3. The van der Waals surface area contributed by atoms with E-state index in [1.807, 2.05) is 6.92 Å². The van der Waals surface area contributed by atoms with E-state index in [4.69, 9.17) is 9.15 Å². The van der Waals surface area contributed by atoms with Crippen LogP contribution in [-0.2, 0) is 16.1 Å². The van der Waals surface area contributed by atoms with Crippen molar-refractivity contribution in [1.29, 1.82) is 0 Å². The van der Waals surface area contributed by atoms with Crippen molar-refractivity contribution in [2.45, 2.75) is 20.4 Å². The molecule has 1 aliphatic rings. The fourth-order valence-corrected chi connectivity index (χ4v) is 3.06. The van der Waals surface area contributed by atoms with E-state index < -0.39 is 0 Å². The highest BCUT2D eigenvalue weighted by Gasteiger charge is 2.36. The molecule has 0 saturated carbocycles. The van der Waals surface area contributed by atoms with Gasteiger partial charge in [-0.2, -0.15) is 0 Å². The van der Waals surface area contributed by atoms with Gasteiger partial charge in [-0.1, -0.05) is 6.92 Å². The van der Waals surface area contributed by atoms with Crippen molar-refractivity contribution in [1.82, 2.24) is 25.4 Å². The molecule has 10 heteroatoms. The Balaban J connectivity index is 0.00000261. The lowest BCUT2D eigenvalue weighted by atomic mass is 9.99. The molecule has 2 atom stereocenters. The molecule has 2 aromatic heterocycles. The van der Waals surface area contributed by atoms with E-state index in [9.17, 15) is 4.79 Å². The summed E-state index contributed by atoms with van der Waals surface area (Å²) in [7, 11) is 1.43. The number of hydrogen-bond acceptors (Lipinski definition) is 6. The molecule has 3 heterocycles. The van der Waals surface area contributed by atoms with Crippen LogP contribution in [0.15, 0.2) is 27.8 Å². The van der Waals surface area contributed by atoms with Gasteiger partial charge in [0.25, 0.3) is 0 Å². The molecule has 0 aliphatic carbocycles. The summed E-state index contributed by atoms with van der Waals surface area (Å²) in [6, 6.07) is 3.60. The number of aromatic nitrogens is 3. The van der Waals surface area contributed by atoms with Crippen LogP contribution in [0.25, 0.3) is 11.6 Å². The minimum absolute atomic E-state index is 0. The zero-order valence-electron chi connectivity index (χ0n) is 15.6. The maximum absolute atomic E-state index is 11.9. The number of nitrogens with zero attached hydrogens (tertiary/aromatic N) is 4. The molecule has 0 aromatic carbocycles. The quantitative estimate of drug-likeness (QED) is 0.287. The second kappa shape index (κ2) is 9.72. The summed E-state index contributed by atoms with van der Waals surface area (Å²) in [5.41, 5.74) is 0. The van der Waals surface area contributed by atoms with Crippen LogP contribution in [0.3, 0.4) is 0 Å². The molecule has 0 radical (unpaired) electrons. The number of carbonyl (C=O) groups excluding carboxylic acids is 1. The molecular weight excluding hydrogens is 463 g/mol. The molecule has 1 aliphatic heterocycles. The Morgan fingerprint density at radius 2 is 2.33 bits per heavy atom. The van der Waals surface area contributed by atoms with E-state index >= 15 is 0 Å². The van der Waals surface area contributed by atoms with E-state index in [1.165, 1.54) is 7.11 Å². The smallest absolute Gasteiger partial charge is 0.310 e. The first-order valence-corrected chi connectivity index (χ1v) is 8.68. The van der Waals surface area contributed by atoms with Crippen LogP contribution < -0.4 is 5.32 Å². The molecule has 2 N–H and O–H groups in total. The van der Waals surface area contributed by atoms with Gasteiger partial charge in [0, 0.05) is 19.6 Å². The number of halogens is 1. The fraction of sp³-hybridized carbons (Fsp3) is 0.529. The van der Waals surface area contributed by atoms with Crippen molar-refractivity contribution in [2.24, 2.45) is 16.8 Å². The average molecular weight is 488 g/mol. The maximum atomic E-state index is 11.9. The van der Waals surface area contributed by atoms with E-state index in [0.29, 0.717) is 30.5 Å². The van der Waals surface area contributed by atoms with Gasteiger partial charge in [0.15, 0.2) is 11.7 Å². The lowest BCUT2D eigenvalue weighted by Crippen LogP contribution is -2.40. The second-order valence-electron chi connectivity index (χ2n) is 6.27. The molecule has 2 aromatic rings. The largest absolute Gasteiger partial charge is 0.469 e. The number of guanidine groups is 1. The molecule has 2 unspecified atom stereocenters. The maximum Gasteiger partial charge on any atom is 0.310 e. The van der Waals surface area contributed by atoms with Crippen LogP contribution in [0.5, 0.6) is 0 Å². The van der Waals surface area contributed by atoms with Crippen molar-refractivity contribution in [3.63, 3.8) is 0 Å². The number of carbonyl (C=O) groups is 1. The summed E-state index contributed by atoms with van der Waals surface area (Å²) in [6.45, 7) is 6.49. The van der Waals surface area contributed by atoms with Gasteiger partial charge >= 0.3 is 5.97 Å². The number of nitrogens with one attached hydrogen (secondary N) is 2. The Kier molecular flexibility index (Phi) is 7.63. The van der Waals surface area contributed by atoms with Crippen molar-refractivity contribution in [2.75, 3.05) is 26.7 Å². The normalized spacial score (nSPS) is 19.7. The number of H-pyrrole nitrogens is 1. The SMILES string of the molecule is CCNC(=NCc1nc(-c2ccco2)n[nH]1)N1CC(C)C(C(=O)OC)C1.I. The predicted molar refractivity (Wildman–Crippen MR) is 111 cm³/mol. The Morgan fingerprint density at radius 1 is 1.52 bits per heavy atom. The standard InChI is InChI=1S/C17H24N6O3.HI/c1-4-18-17(23-9-11(2)12(10-23)16(24)25-3)19-8-14-20-15(22-21-14)13-6-5-7-26-13;/h5-7,11-12H,4,8-10H2,1-3H3,(H,18,19)(H,20,21,22);1H. The van der Waals surface area contributed by atoms with Gasteiger partial charge in [-0.05, 0) is 25.0 Å². The molecule has 3 rings (SSSR count). The van der Waals surface area contributed by atoms with Gasteiger partial charge in [0.05, 0.1) is 19.3 Å². The van der Waals surface area contributed by atoms with Gasteiger partial charge in [0.1, 0.15) is 12.4 Å². The second-order valence-corrected chi connectivity index (χ2v) is 6.27. The molecule has 27 heavy (non-hydrogen) atoms. The number of aromatic amines is 1. The summed E-state index contributed by atoms with van der Waals surface area (Å²) in [5.74, 6) is 2.41. The predicted octanol–water partition coefficient (Wildman–Crippen LogP) is 1.89. The lowest BCUT2D eigenvalue weighted by molar-refractivity contribution is -0.145. The molecule has 0 amide bonds. The van der Waals surface area contributed by atoms with Gasteiger partial charge < -0.3 is 19.4 Å². The van der Waals surface area contributed by atoms with Crippen LogP contribution in [0.4, 0.5) is 0 Å². The number of esters is 1. The van der Waals surface area contributed by atoms with Gasteiger partial charge in [-0.3, -0.25) is 9.89 Å². The Morgan fingerprint density at radius 3 is 3.00 bits per heavy atom. The number of likely N-dealkylation sites (tertiary alicyclic amines) is 1. The summed E-state index contributed by atoms with van der Waals surface area (Å²) in [5, 5.41) is 10.3. The van der Waals surface area contributed by atoms with Crippen LogP contribution in [0.2, 0.25) is 0 Å². The minimum Gasteiger partial charge on any atom is -0.469 e. The van der Waals surface area contributed by atoms with Crippen LogP contribution >= 0.6 is 24.0 Å². The number of aliphatic imine (C=N–C) groups is 1. The molecule has 1 fully saturated rings. The van der Waals surface area contributed by atoms with Crippen LogP contribution in [0.1, 0.15) is 19.7 Å². The van der Waals surface area contributed by atoms with E-state index in [0.717, 1.165) is 19.0 Å². The molecule has 9 nitrogen and oxygen atoms in total. The zero-order chi connectivity index (χ0) is 18.5. The first-order chi connectivity index (χ1) is 12.6. The minimum atomic E-state index is -0.172. The number of rotatable bonds is 5. The first kappa shape index (κ1) is 21.2. The van der Waals surface area contributed by atoms with Gasteiger partial charge in [-0.15, -0.1) is 29.1 Å². The molecule has 1 saturated heterocycles. The van der Waals surface area contributed by atoms with E-state index in [-0.39, 0.29) is 41.8 Å². The molecule has 148 valence electrons. The molecule has 0 bridgehead atoms. The Labute approximate surface area is 175 Å². The van der Waals surface area contributed by atoms with Crippen LogP contribution in [-0.4, -0.2) is 58.8 Å². The Hall–Kier alpha value is -2.11. The summed E-state index contributed by atoms with van der Waals surface area (Å²) < 4.78 is 10.2. The molecule has 0 spiro atoms. The summed E-state index contributed by atoms with van der Waals surface area (Å²) in [4.78, 5) is 23.0. The van der Waals surface area contributed by atoms with Crippen LogP contribution in [0, 0.1) is 11.8 Å². The zero-order valence-corrected chi connectivity index (χ0v) is 18.0. The third-order valence-electron chi connectivity index (χ3n) is 4.40. The first-order valence-electron chi connectivity index (χ1n) is 8.68. The highest BCUT2D eigenvalue weighted by Crippen LogP contribution is 2.24. The highest BCUT2D eigenvalue weighted by molar-refractivity contribution is 14.0. The highest BCUT2D eigenvalue weighted by atomic mass is 127. The lowest BCUT2D eigenvalue weighted by Gasteiger charge is -2.21. The third-order valence-corrected chi connectivity index (χ3v) is 4.40. The van der Waals surface area contributed by atoms with Crippen molar-refractivity contribution in [3.8, 4) is 11.6 Å². The number of furan rings is 1. The topological polar surface area (TPSA) is 109 Å². The monoisotopic (exact) mass is 488 g/mol. The van der Waals surface area contributed by atoms with Gasteiger partial charge in [0.2, 0.25) is 5.82 Å². The van der Waals surface area contributed by atoms with E-state index in [1.54, 1.807) is 18.4 Å². The van der Waals surface area contributed by atoms with Crippen molar-refractivity contribution >= 4 is 35.9 Å². The number of ether oxygens (including phenoxy) is 1. The van der Waals surface area contributed by atoms with E-state index in [2.05, 4.69) is 37.3 Å². The Bertz CT molecular complexity index is 761. The van der Waals surface area contributed by atoms with Crippen molar-refractivity contribution < 1.29 is 13.9 Å². The number of hydrogen-bond donors (Lipinski definition) is 2. The summed E-state index contributed by atoms with van der Waals surface area (Å²) >= 11 is 0.